The minimum absolute atomic E-state index is 0.0391. The van der Waals surface area contributed by atoms with Crippen LogP contribution in [0.15, 0.2) is 48.5 Å². The van der Waals surface area contributed by atoms with Gasteiger partial charge in [0.1, 0.15) is 0 Å². The van der Waals surface area contributed by atoms with Crippen LogP contribution >= 0.6 is 0 Å². The number of nitrogens with one attached hydrogen (secondary N) is 2. The number of carbonyl (C=O) groups is 1. The van der Waals surface area contributed by atoms with Gasteiger partial charge in [-0.15, -0.1) is 0 Å². The zero-order valence-electron chi connectivity index (χ0n) is 13.5. The van der Waals surface area contributed by atoms with E-state index in [9.17, 15) is 4.79 Å². The molecule has 0 unspecified atom stereocenters. The Morgan fingerprint density at radius 3 is 2.36 bits per heavy atom. The molecular formula is C19H24N2O. The predicted octanol–water partition coefficient (Wildman–Crippen LogP) is 4.42. The number of benzene rings is 2. The van der Waals surface area contributed by atoms with Gasteiger partial charge in [-0.05, 0) is 41.7 Å². The highest BCUT2D eigenvalue weighted by Gasteiger charge is 2.07. The van der Waals surface area contributed by atoms with Crippen molar-refractivity contribution in [1.82, 2.24) is 0 Å². The third kappa shape index (κ3) is 4.35. The van der Waals surface area contributed by atoms with Gasteiger partial charge in [-0.2, -0.15) is 0 Å². The second kappa shape index (κ2) is 7.64. The van der Waals surface area contributed by atoms with Gasteiger partial charge in [-0.3, -0.25) is 4.79 Å². The first-order chi connectivity index (χ1) is 10.6. The summed E-state index contributed by atoms with van der Waals surface area (Å²) in [7, 11) is 0. The normalized spacial score (nSPS) is 10.5. The van der Waals surface area contributed by atoms with E-state index in [0.29, 0.717) is 5.92 Å². The average molecular weight is 296 g/mol. The summed E-state index contributed by atoms with van der Waals surface area (Å²) in [6.07, 6.45) is 1.00. The number of carbonyl (C=O) groups excluding carboxylic acids is 1. The SMILES string of the molecule is CCc1ccc(NC(=O)CNc2ccccc2C(C)C)cc1. The summed E-state index contributed by atoms with van der Waals surface area (Å²) >= 11 is 0. The standard InChI is InChI=1S/C19H24N2O/c1-4-15-9-11-16(12-10-15)21-19(22)13-20-18-8-6-5-7-17(18)14(2)3/h5-12,14,20H,4,13H2,1-3H3,(H,21,22). The van der Waals surface area contributed by atoms with E-state index in [0.717, 1.165) is 17.8 Å². The quantitative estimate of drug-likeness (QED) is 0.828. The van der Waals surface area contributed by atoms with Crippen LogP contribution in [-0.4, -0.2) is 12.5 Å². The average Bonchev–Trinajstić information content (AvgIpc) is 2.54. The van der Waals surface area contributed by atoms with Crippen LogP contribution in [-0.2, 0) is 11.2 Å². The fraction of sp³-hybridized carbons (Fsp3) is 0.316. The minimum atomic E-state index is -0.0391. The van der Waals surface area contributed by atoms with E-state index >= 15 is 0 Å². The highest BCUT2D eigenvalue weighted by Crippen LogP contribution is 2.23. The zero-order valence-corrected chi connectivity index (χ0v) is 13.5. The first kappa shape index (κ1) is 16.1. The summed E-state index contributed by atoms with van der Waals surface area (Å²) in [6.45, 7) is 6.68. The number of hydrogen-bond acceptors (Lipinski definition) is 2. The third-order valence-corrected chi connectivity index (χ3v) is 3.67. The summed E-state index contributed by atoms with van der Waals surface area (Å²) in [5.41, 5.74) is 4.35. The number of rotatable bonds is 6. The molecule has 0 fully saturated rings. The molecule has 0 aliphatic heterocycles. The molecule has 3 nitrogen and oxygen atoms in total. The van der Waals surface area contributed by atoms with Gasteiger partial charge >= 0.3 is 0 Å². The Balaban J connectivity index is 1.92. The summed E-state index contributed by atoms with van der Waals surface area (Å²) in [5.74, 6) is 0.385. The Morgan fingerprint density at radius 2 is 1.73 bits per heavy atom. The minimum Gasteiger partial charge on any atom is -0.376 e. The Kier molecular flexibility index (Phi) is 5.59. The van der Waals surface area contributed by atoms with Crippen LogP contribution in [0, 0.1) is 0 Å². The van der Waals surface area contributed by atoms with E-state index in [2.05, 4.69) is 37.5 Å². The molecule has 0 aliphatic carbocycles. The molecule has 0 radical (unpaired) electrons. The molecule has 2 N–H and O–H groups in total. The molecule has 3 heteroatoms. The second-order valence-corrected chi connectivity index (χ2v) is 5.69. The Hall–Kier alpha value is -2.29. The molecule has 0 aromatic heterocycles. The van der Waals surface area contributed by atoms with Crippen molar-refractivity contribution in [3.05, 3.63) is 59.7 Å². The molecule has 0 saturated carbocycles. The molecular weight excluding hydrogens is 272 g/mol. The fourth-order valence-corrected chi connectivity index (χ4v) is 2.37. The topological polar surface area (TPSA) is 41.1 Å². The van der Waals surface area contributed by atoms with Crippen LogP contribution in [0.1, 0.15) is 37.8 Å². The van der Waals surface area contributed by atoms with Crippen molar-refractivity contribution in [2.45, 2.75) is 33.1 Å². The summed E-state index contributed by atoms with van der Waals surface area (Å²) < 4.78 is 0. The summed E-state index contributed by atoms with van der Waals surface area (Å²) in [4.78, 5) is 12.0. The van der Waals surface area contributed by atoms with E-state index in [1.807, 2.05) is 42.5 Å². The lowest BCUT2D eigenvalue weighted by molar-refractivity contribution is -0.114. The lowest BCUT2D eigenvalue weighted by Gasteiger charge is -2.14. The maximum Gasteiger partial charge on any atom is 0.243 e. The van der Waals surface area contributed by atoms with Gasteiger partial charge < -0.3 is 10.6 Å². The van der Waals surface area contributed by atoms with E-state index in [4.69, 9.17) is 0 Å². The highest BCUT2D eigenvalue weighted by atomic mass is 16.1. The van der Waals surface area contributed by atoms with Crippen molar-refractivity contribution < 1.29 is 4.79 Å². The van der Waals surface area contributed by atoms with Crippen molar-refractivity contribution in [2.24, 2.45) is 0 Å². The number of anilines is 2. The van der Waals surface area contributed by atoms with Crippen LogP contribution in [0.25, 0.3) is 0 Å². The smallest absolute Gasteiger partial charge is 0.243 e. The van der Waals surface area contributed by atoms with E-state index in [1.165, 1.54) is 11.1 Å². The molecule has 116 valence electrons. The predicted molar refractivity (Wildman–Crippen MR) is 93.5 cm³/mol. The van der Waals surface area contributed by atoms with Gasteiger partial charge in [0.2, 0.25) is 5.91 Å². The van der Waals surface area contributed by atoms with Crippen molar-refractivity contribution >= 4 is 17.3 Å². The molecule has 0 bridgehead atoms. The van der Waals surface area contributed by atoms with Crippen molar-refractivity contribution in [2.75, 3.05) is 17.2 Å². The molecule has 0 atom stereocenters. The zero-order chi connectivity index (χ0) is 15.9. The van der Waals surface area contributed by atoms with Gasteiger partial charge in [0, 0.05) is 11.4 Å². The lowest BCUT2D eigenvalue weighted by atomic mass is 10.0. The van der Waals surface area contributed by atoms with Gasteiger partial charge in [0.25, 0.3) is 0 Å². The fourth-order valence-electron chi connectivity index (χ4n) is 2.37. The summed E-state index contributed by atoms with van der Waals surface area (Å²) in [5, 5.41) is 6.14. The van der Waals surface area contributed by atoms with Gasteiger partial charge in [-0.1, -0.05) is 51.1 Å². The van der Waals surface area contributed by atoms with E-state index in [1.54, 1.807) is 0 Å². The first-order valence-electron chi connectivity index (χ1n) is 7.81. The molecule has 2 aromatic rings. The molecule has 0 spiro atoms. The largest absolute Gasteiger partial charge is 0.376 e. The Bertz CT molecular complexity index is 618. The Morgan fingerprint density at radius 1 is 1.05 bits per heavy atom. The maximum absolute atomic E-state index is 12.0. The number of aryl methyl sites for hydroxylation is 1. The number of hydrogen-bond donors (Lipinski definition) is 2. The molecule has 0 heterocycles. The Labute approximate surface area is 132 Å². The van der Waals surface area contributed by atoms with E-state index < -0.39 is 0 Å². The van der Waals surface area contributed by atoms with Gasteiger partial charge in [-0.25, -0.2) is 0 Å². The monoisotopic (exact) mass is 296 g/mol. The van der Waals surface area contributed by atoms with Crippen molar-refractivity contribution in [3.63, 3.8) is 0 Å². The van der Waals surface area contributed by atoms with Crippen LogP contribution in [0.3, 0.4) is 0 Å². The maximum atomic E-state index is 12.0. The second-order valence-electron chi connectivity index (χ2n) is 5.69. The number of para-hydroxylation sites is 1. The molecule has 2 rings (SSSR count). The molecule has 0 saturated heterocycles. The van der Waals surface area contributed by atoms with Crippen LogP contribution in [0.5, 0.6) is 0 Å². The van der Waals surface area contributed by atoms with Gasteiger partial charge in [0.05, 0.1) is 6.54 Å². The molecule has 1 amide bonds. The van der Waals surface area contributed by atoms with Crippen molar-refractivity contribution in [3.8, 4) is 0 Å². The summed E-state index contributed by atoms with van der Waals surface area (Å²) in [6, 6.07) is 16.1. The number of amides is 1. The van der Waals surface area contributed by atoms with Crippen LogP contribution in [0.2, 0.25) is 0 Å². The van der Waals surface area contributed by atoms with Gasteiger partial charge in [0.15, 0.2) is 0 Å². The molecule has 0 aliphatic rings. The van der Waals surface area contributed by atoms with E-state index in [-0.39, 0.29) is 12.5 Å². The highest BCUT2D eigenvalue weighted by molar-refractivity contribution is 5.93. The third-order valence-electron chi connectivity index (χ3n) is 3.67. The first-order valence-corrected chi connectivity index (χ1v) is 7.81. The van der Waals surface area contributed by atoms with Crippen LogP contribution < -0.4 is 10.6 Å². The lowest BCUT2D eigenvalue weighted by Crippen LogP contribution is -2.22. The molecule has 2 aromatic carbocycles. The molecule has 22 heavy (non-hydrogen) atoms. The van der Waals surface area contributed by atoms with Crippen LogP contribution in [0.4, 0.5) is 11.4 Å². The van der Waals surface area contributed by atoms with Crippen molar-refractivity contribution in [1.29, 1.82) is 0 Å².